The van der Waals surface area contributed by atoms with Crippen LogP contribution < -0.4 is 30.2 Å². The molecule has 0 radical (unpaired) electrons. The van der Waals surface area contributed by atoms with Crippen LogP contribution in [-0.2, 0) is 33.6 Å². The molecule has 0 saturated heterocycles. The average Bonchev–Trinajstić information content (AvgIpc) is 1.53. The standard InChI is InChI=1S/3C26H18Cl2F3NO4.CH3FS/c3*27-16-8-13(29)9-17(28)22(16)14-5-4-11(21-15-6-12(15)10-36-24(14)21)7-20(26(34)35)32-25(33)23-18(30)2-1-3-19(23)31;1-3-2/h3*1-5,8-9,12,15,20H,6-7,10H2,(H,32,33)(H,34,35);1H3/t12?,15?,20-;12-,15-,20+;12-,15-,20-;/m010./s1. The Morgan fingerprint density at radius 2 is 0.613 bits per heavy atom. The zero-order valence-electron chi connectivity index (χ0n) is 57.2. The molecule has 9 aromatic carbocycles. The maximum atomic E-state index is 14.0. The quantitative estimate of drug-likeness (QED) is 0.0440. The van der Waals surface area contributed by atoms with Gasteiger partial charge in [-0.1, -0.05) is 124 Å². The van der Waals surface area contributed by atoms with Crippen molar-refractivity contribution in [2.75, 3.05) is 26.1 Å². The number of ether oxygens (including phenoxy) is 3. The minimum Gasteiger partial charge on any atom is -0.492 e. The first-order valence-corrected chi connectivity index (χ1v) is 37.2. The van der Waals surface area contributed by atoms with Crippen LogP contribution in [0.5, 0.6) is 17.2 Å². The highest BCUT2D eigenvalue weighted by Crippen LogP contribution is 2.61. The second kappa shape index (κ2) is 33.9. The maximum absolute atomic E-state index is 14.0. The fourth-order valence-electron chi connectivity index (χ4n) is 14.2. The molecule has 3 amide bonds. The Hall–Kier alpha value is -9.41. The fourth-order valence-corrected chi connectivity index (χ4v) is 16.1. The summed E-state index contributed by atoms with van der Waals surface area (Å²) in [4.78, 5) is 73.7. The Kier molecular flexibility index (Phi) is 24.8. The largest absolute Gasteiger partial charge is 0.492 e. The first-order valence-electron chi connectivity index (χ1n) is 33.8. The Bertz CT molecular complexity index is 4650. The van der Waals surface area contributed by atoms with Crippen molar-refractivity contribution in [3.63, 3.8) is 0 Å². The summed E-state index contributed by atoms with van der Waals surface area (Å²) in [5.41, 5.74) is 4.29. The lowest BCUT2D eigenvalue weighted by molar-refractivity contribution is -0.140. The summed E-state index contributed by atoms with van der Waals surface area (Å²) in [6.45, 7) is 1.36. The number of halogens is 16. The molecule has 6 N–H and O–H groups in total. The number of aliphatic carboxylic acids is 3. The molecule has 3 aliphatic carbocycles. The van der Waals surface area contributed by atoms with E-state index in [0.29, 0.717) is 87.1 Å². The number of carbonyl (C=O) groups is 6. The van der Waals surface area contributed by atoms with E-state index >= 15 is 0 Å². The first kappa shape index (κ1) is 81.1. The van der Waals surface area contributed by atoms with Gasteiger partial charge in [0.05, 0.1) is 50.0 Å². The molecule has 2 unspecified atom stereocenters. The Morgan fingerprint density at radius 1 is 0.396 bits per heavy atom. The van der Waals surface area contributed by atoms with E-state index in [4.69, 9.17) is 83.8 Å². The van der Waals surface area contributed by atoms with Crippen LogP contribution in [0.15, 0.2) is 127 Å². The van der Waals surface area contributed by atoms with E-state index in [0.717, 1.165) is 127 Å². The van der Waals surface area contributed by atoms with Gasteiger partial charge in [0.25, 0.3) is 17.7 Å². The number of carbonyl (C=O) groups excluding carboxylic acids is 3. The zero-order valence-corrected chi connectivity index (χ0v) is 62.5. The maximum Gasteiger partial charge on any atom is 0.326 e. The van der Waals surface area contributed by atoms with Crippen LogP contribution >= 0.6 is 81.8 Å². The summed E-state index contributed by atoms with van der Waals surface area (Å²) in [7, 11) is 0. The molecule has 6 aliphatic rings. The van der Waals surface area contributed by atoms with E-state index in [9.17, 15) is 87.5 Å². The van der Waals surface area contributed by atoms with Crippen molar-refractivity contribution in [3.05, 3.63) is 260 Å². The molecule has 578 valence electrons. The highest BCUT2D eigenvalue weighted by molar-refractivity contribution is 7.93. The molecule has 9 atom stereocenters. The lowest BCUT2D eigenvalue weighted by Gasteiger charge is -2.25. The van der Waals surface area contributed by atoms with Crippen molar-refractivity contribution in [1.82, 2.24) is 16.0 Å². The minimum absolute atomic E-state index is 0.0964. The van der Waals surface area contributed by atoms with Gasteiger partial charge in [-0.25, -0.2) is 53.9 Å². The van der Waals surface area contributed by atoms with Crippen molar-refractivity contribution in [2.45, 2.75) is 74.4 Å². The predicted molar refractivity (Wildman–Crippen MR) is 396 cm³/mol. The van der Waals surface area contributed by atoms with Gasteiger partial charge in [-0.3, -0.25) is 14.4 Å². The summed E-state index contributed by atoms with van der Waals surface area (Å²) < 4.78 is 154. The van der Waals surface area contributed by atoms with Crippen LogP contribution in [-0.4, -0.2) is 95.2 Å². The van der Waals surface area contributed by atoms with E-state index in [-0.39, 0.29) is 97.1 Å². The number of rotatable bonds is 18. The first-order chi connectivity index (χ1) is 52.9. The Morgan fingerprint density at radius 3 is 0.820 bits per heavy atom. The van der Waals surface area contributed by atoms with Crippen LogP contribution in [0.25, 0.3) is 33.4 Å². The normalized spacial score (nSPS) is 18.1. The molecule has 0 spiro atoms. The molecule has 0 bridgehead atoms. The van der Waals surface area contributed by atoms with Gasteiger partial charge in [-0.2, -0.15) is 3.89 Å². The molecule has 15 nitrogen and oxygen atoms in total. The minimum atomic E-state index is -1.47. The lowest BCUT2D eigenvalue weighted by Crippen LogP contribution is -2.43. The third kappa shape index (κ3) is 17.5. The lowest BCUT2D eigenvalue weighted by atomic mass is 9.89. The Labute approximate surface area is 659 Å². The van der Waals surface area contributed by atoms with Crippen LogP contribution in [0.3, 0.4) is 0 Å². The number of hydrogen-bond acceptors (Lipinski definition) is 10. The molecule has 32 heteroatoms. The fraction of sp³-hybridized carbons (Fsp3) is 0.241. The second-order valence-electron chi connectivity index (χ2n) is 26.7. The van der Waals surface area contributed by atoms with E-state index in [1.165, 1.54) is 6.26 Å². The van der Waals surface area contributed by atoms with Crippen molar-refractivity contribution in [3.8, 4) is 50.6 Å². The number of carboxylic acid groups (broad SMARTS) is 3. The van der Waals surface area contributed by atoms with Crippen LogP contribution in [0, 0.1) is 70.1 Å². The summed E-state index contributed by atoms with van der Waals surface area (Å²) in [6, 6.07) is 21.3. The van der Waals surface area contributed by atoms with Gasteiger partial charge in [0.2, 0.25) is 0 Å². The van der Waals surface area contributed by atoms with Crippen molar-refractivity contribution >= 4 is 117 Å². The van der Waals surface area contributed by atoms with E-state index in [1.54, 1.807) is 36.4 Å². The molecule has 3 heterocycles. The molecule has 111 heavy (non-hydrogen) atoms. The van der Waals surface area contributed by atoms with Gasteiger partial charge >= 0.3 is 17.9 Å². The van der Waals surface area contributed by atoms with Crippen molar-refractivity contribution < 1.29 is 102 Å². The van der Waals surface area contributed by atoms with Gasteiger partial charge in [0.15, 0.2) is 0 Å². The average molecular weight is 1680 g/mol. The third-order valence-electron chi connectivity index (χ3n) is 19.5. The molecule has 3 aliphatic heterocycles. The van der Waals surface area contributed by atoms with Crippen molar-refractivity contribution in [2.24, 2.45) is 17.8 Å². The molecule has 0 aromatic heterocycles. The Balaban J connectivity index is 0.000000152. The predicted octanol–water partition coefficient (Wildman–Crippen LogP) is 19.2. The summed E-state index contributed by atoms with van der Waals surface area (Å²) >= 11 is 38.0. The number of amides is 3. The van der Waals surface area contributed by atoms with Gasteiger partial charge < -0.3 is 45.5 Å². The number of benzene rings is 9. The van der Waals surface area contributed by atoms with Gasteiger partial charge in [0.1, 0.15) is 104 Å². The molecule has 9 aromatic rings. The van der Waals surface area contributed by atoms with Crippen LogP contribution in [0.2, 0.25) is 30.1 Å². The van der Waals surface area contributed by atoms with Crippen molar-refractivity contribution in [1.29, 1.82) is 0 Å². The summed E-state index contributed by atoms with van der Waals surface area (Å²) in [5, 5.41) is 36.6. The molecular formula is C79H57Cl6F10N3O12S. The molecular weight excluding hydrogens is 1620 g/mol. The SMILES string of the molecule is CSF.O=C(N[C@@H](Cc1ccc(-c2c(Cl)cc(F)cc2Cl)c2c1C1CC1CO2)C(=O)O)c1c(F)cccc1F.O=C(N[C@@H](Cc1ccc(-c2c(Cl)cc(F)cc2Cl)c2c1[C@@H]1C[C@@H]1CO2)C(=O)O)c1c(F)cccc1F.O=C(N[C@@H](Cc1ccc(-c2c(Cl)cc(F)cc2Cl)c2c1[C@H]1C[C@H]1CO2)C(=O)O)c1c(F)cccc1F. The molecule has 3 saturated carbocycles. The van der Waals surface area contributed by atoms with Gasteiger partial charge in [-0.15, -0.1) is 0 Å². The highest BCUT2D eigenvalue weighted by atomic mass is 35.5. The van der Waals surface area contributed by atoms with E-state index < -0.39 is 123 Å². The monoisotopic (exact) mass is 1670 g/mol. The topological polar surface area (TPSA) is 227 Å². The number of nitrogens with one attached hydrogen (secondary N) is 3. The smallest absolute Gasteiger partial charge is 0.326 e. The molecule has 15 rings (SSSR count). The number of carboxylic acids is 3. The number of fused-ring (bicyclic) bond motifs is 9. The van der Waals surface area contributed by atoms with Crippen LogP contribution in [0.1, 0.15) is 101 Å². The summed E-state index contributed by atoms with van der Waals surface area (Å²) in [5.74, 6) is -13.5. The zero-order chi connectivity index (χ0) is 79.9. The van der Waals surface area contributed by atoms with E-state index in [2.05, 4.69) is 16.0 Å². The highest BCUT2D eigenvalue weighted by Gasteiger charge is 2.49. The van der Waals surface area contributed by atoms with Gasteiger partial charge in [0, 0.05) is 105 Å². The van der Waals surface area contributed by atoms with E-state index in [1.807, 2.05) is 0 Å². The van der Waals surface area contributed by atoms with Crippen LogP contribution in [0.4, 0.5) is 43.4 Å². The van der Waals surface area contributed by atoms with Gasteiger partial charge in [-0.05, 0) is 127 Å². The second-order valence-corrected chi connectivity index (χ2v) is 29.4. The third-order valence-corrected chi connectivity index (χ3v) is 21.3. The summed E-state index contributed by atoms with van der Waals surface area (Å²) in [6.07, 6.45) is 3.41. The molecule has 3 fully saturated rings. The number of hydrogen-bond donors (Lipinski definition) is 6.